The lowest BCUT2D eigenvalue weighted by molar-refractivity contribution is -0.137. The second-order valence-electron chi connectivity index (χ2n) is 4.21. The fourth-order valence-electron chi connectivity index (χ4n) is 1.81. The summed E-state index contributed by atoms with van der Waals surface area (Å²) in [6.45, 7) is 3.79. The van der Waals surface area contributed by atoms with Gasteiger partial charge in [0.25, 0.3) is 0 Å². The first kappa shape index (κ1) is 13.9. The second kappa shape index (κ2) is 4.89. The standard InChI is InChI=1S/C13H12ClF3N2/c1-3-10-6-8(2)19(18-10)12-5-4-9(7-11(12)14)13(15,16)17/h4-7H,3H2,1-2H3. The molecule has 0 saturated carbocycles. The maximum atomic E-state index is 12.6. The first-order valence-electron chi connectivity index (χ1n) is 5.75. The van der Waals surface area contributed by atoms with E-state index in [0.717, 1.165) is 29.9 Å². The Bertz CT molecular complexity index is 602. The summed E-state index contributed by atoms with van der Waals surface area (Å²) in [5.74, 6) is 0. The molecule has 2 nitrogen and oxygen atoms in total. The van der Waals surface area contributed by atoms with Gasteiger partial charge in [0.2, 0.25) is 0 Å². The van der Waals surface area contributed by atoms with Gasteiger partial charge in [-0.2, -0.15) is 18.3 Å². The van der Waals surface area contributed by atoms with Gasteiger partial charge >= 0.3 is 6.18 Å². The lowest BCUT2D eigenvalue weighted by Crippen LogP contribution is -2.06. The van der Waals surface area contributed by atoms with E-state index in [1.165, 1.54) is 6.07 Å². The molecule has 0 fully saturated rings. The largest absolute Gasteiger partial charge is 0.416 e. The average molecular weight is 289 g/mol. The lowest BCUT2D eigenvalue weighted by atomic mass is 10.2. The van der Waals surface area contributed by atoms with E-state index in [1.54, 1.807) is 4.68 Å². The zero-order valence-corrected chi connectivity index (χ0v) is 11.2. The quantitative estimate of drug-likeness (QED) is 0.800. The van der Waals surface area contributed by atoms with Gasteiger partial charge in [-0.05, 0) is 37.6 Å². The van der Waals surface area contributed by atoms with Crippen LogP contribution in [0, 0.1) is 6.92 Å². The van der Waals surface area contributed by atoms with Crippen LogP contribution in [0.3, 0.4) is 0 Å². The molecule has 0 aliphatic heterocycles. The number of nitrogens with zero attached hydrogens (tertiary/aromatic N) is 2. The normalized spacial score (nSPS) is 11.9. The number of aromatic nitrogens is 2. The molecule has 0 aliphatic carbocycles. The summed E-state index contributed by atoms with van der Waals surface area (Å²) in [5, 5.41) is 4.33. The molecular weight excluding hydrogens is 277 g/mol. The summed E-state index contributed by atoms with van der Waals surface area (Å²) in [7, 11) is 0. The maximum Gasteiger partial charge on any atom is 0.416 e. The molecule has 0 bridgehead atoms. The minimum atomic E-state index is -4.39. The zero-order chi connectivity index (χ0) is 14.2. The Balaban J connectivity index is 2.49. The smallest absolute Gasteiger partial charge is 0.236 e. The monoisotopic (exact) mass is 288 g/mol. The van der Waals surface area contributed by atoms with Gasteiger partial charge in [-0.1, -0.05) is 18.5 Å². The van der Waals surface area contributed by atoms with Crippen LogP contribution in [-0.4, -0.2) is 9.78 Å². The van der Waals surface area contributed by atoms with Crippen LogP contribution in [0.15, 0.2) is 24.3 Å². The van der Waals surface area contributed by atoms with E-state index in [-0.39, 0.29) is 5.02 Å². The van der Waals surface area contributed by atoms with Crippen molar-refractivity contribution in [1.82, 2.24) is 9.78 Å². The number of rotatable bonds is 2. The number of hydrogen-bond donors (Lipinski definition) is 0. The highest BCUT2D eigenvalue weighted by molar-refractivity contribution is 6.32. The number of alkyl halides is 3. The molecule has 0 aliphatic rings. The summed E-state index contributed by atoms with van der Waals surface area (Å²) in [6, 6.07) is 5.15. The Hall–Kier alpha value is -1.49. The number of hydrogen-bond acceptors (Lipinski definition) is 1. The molecule has 0 atom stereocenters. The highest BCUT2D eigenvalue weighted by Gasteiger charge is 2.31. The van der Waals surface area contributed by atoms with Gasteiger partial charge < -0.3 is 0 Å². The fraction of sp³-hybridized carbons (Fsp3) is 0.308. The molecule has 0 saturated heterocycles. The first-order valence-corrected chi connectivity index (χ1v) is 6.13. The average Bonchev–Trinajstić information content (AvgIpc) is 2.69. The van der Waals surface area contributed by atoms with Crippen molar-refractivity contribution in [1.29, 1.82) is 0 Å². The van der Waals surface area contributed by atoms with Crippen LogP contribution in [0.5, 0.6) is 0 Å². The summed E-state index contributed by atoms with van der Waals surface area (Å²) in [5.41, 5.74) is 1.39. The van der Waals surface area contributed by atoms with Crippen molar-refractivity contribution < 1.29 is 13.2 Å². The predicted octanol–water partition coefficient (Wildman–Crippen LogP) is 4.42. The molecule has 1 aromatic carbocycles. The SMILES string of the molecule is CCc1cc(C)n(-c2ccc(C(F)(F)F)cc2Cl)n1. The van der Waals surface area contributed by atoms with Gasteiger partial charge in [-0.3, -0.25) is 0 Å². The minimum absolute atomic E-state index is 0.0312. The van der Waals surface area contributed by atoms with Gasteiger partial charge in [-0.25, -0.2) is 4.68 Å². The third kappa shape index (κ3) is 2.76. The Morgan fingerprint density at radius 3 is 2.42 bits per heavy atom. The molecule has 0 amide bonds. The molecule has 102 valence electrons. The number of halogens is 4. The Morgan fingerprint density at radius 1 is 1.26 bits per heavy atom. The van der Waals surface area contributed by atoms with Crippen LogP contribution >= 0.6 is 11.6 Å². The van der Waals surface area contributed by atoms with E-state index < -0.39 is 11.7 Å². The van der Waals surface area contributed by atoms with Crippen LogP contribution in [0.25, 0.3) is 5.69 Å². The number of aryl methyl sites for hydroxylation is 2. The number of benzene rings is 1. The topological polar surface area (TPSA) is 17.8 Å². The summed E-state index contributed by atoms with van der Waals surface area (Å²) in [4.78, 5) is 0. The van der Waals surface area contributed by atoms with Crippen molar-refractivity contribution in [3.63, 3.8) is 0 Å². The van der Waals surface area contributed by atoms with Gasteiger partial charge in [0.05, 0.1) is 22.0 Å². The van der Waals surface area contributed by atoms with Crippen LogP contribution in [0.4, 0.5) is 13.2 Å². The van der Waals surface area contributed by atoms with E-state index in [0.29, 0.717) is 5.69 Å². The Morgan fingerprint density at radius 2 is 1.95 bits per heavy atom. The van der Waals surface area contributed by atoms with E-state index >= 15 is 0 Å². The molecular formula is C13H12ClF3N2. The van der Waals surface area contributed by atoms with E-state index in [9.17, 15) is 13.2 Å². The van der Waals surface area contributed by atoms with Gasteiger partial charge in [0.15, 0.2) is 0 Å². The molecule has 0 radical (unpaired) electrons. The summed E-state index contributed by atoms with van der Waals surface area (Å²) < 4.78 is 39.2. The lowest BCUT2D eigenvalue weighted by Gasteiger charge is -2.11. The van der Waals surface area contributed by atoms with E-state index in [4.69, 9.17) is 11.6 Å². The van der Waals surface area contributed by atoms with Crippen molar-refractivity contribution in [2.24, 2.45) is 0 Å². The minimum Gasteiger partial charge on any atom is -0.236 e. The van der Waals surface area contributed by atoms with E-state index in [1.807, 2.05) is 19.9 Å². The Labute approximate surface area is 113 Å². The third-order valence-electron chi connectivity index (χ3n) is 2.80. The van der Waals surface area contributed by atoms with Crippen molar-refractivity contribution in [2.45, 2.75) is 26.4 Å². The van der Waals surface area contributed by atoms with E-state index in [2.05, 4.69) is 5.10 Å². The molecule has 0 spiro atoms. The van der Waals surface area contributed by atoms with Crippen molar-refractivity contribution in [3.05, 3.63) is 46.2 Å². The zero-order valence-electron chi connectivity index (χ0n) is 10.4. The molecule has 6 heteroatoms. The molecule has 2 rings (SSSR count). The van der Waals surface area contributed by atoms with Gasteiger partial charge in [0.1, 0.15) is 0 Å². The highest BCUT2D eigenvalue weighted by atomic mass is 35.5. The van der Waals surface area contributed by atoms with Crippen molar-refractivity contribution in [3.8, 4) is 5.69 Å². The maximum absolute atomic E-state index is 12.6. The predicted molar refractivity (Wildman–Crippen MR) is 67.7 cm³/mol. The molecule has 2 aromatic rings. The molecule has 1 aromatic heterocycles. The van der Waals surface area contributed by atoms with Crippen LogP contribution in [0.2, 0.25) is 5.02 Å². The molecule has 0 N–H and O–H groups in total. The van der Waals surface area contributed by atoms with Crippen molar-refractivity contribution >= 4 is 11.6 Å². The highest BCUT2D eigenvalue weighted by Crippen LogP contribution is 2.33. The molecule has 0 unspecified atom stereocenters. The van der Waals surface area contributed by atoms with Gasteiger partial charge in [-0.15, -0.1) is 0 Å². The molecule has 1 heterocycles. The molecule has 19 heavy (non-hydrogen) atoms. The van der Waals surface area contributed by atoms with Crippen LogP contribution < -0.4 is 0 Å². The third-order valence-corrected chi connectivity index (χ3v) is 3.11. The summed E-state index contributed by atoms with van der Waals surface area (Å²) >= 11 is 5.93. The van der Waals surface area contributed by atoms with Crippen LogP contribution in [-0.2, 0) is 12.6 Å². The van der Waals surface area contributed by atoms with Gasteiger partial charge in [0, 0.05) is 5.69 Å². The summed E-state index contributed by atoms with van der Waals surface area (Å²) in [6.07, 6.45) is -3.64. The van der Waals surface area contributed by atoms with Crippen molar-refractivity contribution in [2.75, 3.05) is 0 Å². The second-order valence-corrected chi connectivity index (χ2v) is 4.61. The first-order chi connectivity index (χ1) is 8.82. The van der Waals surface area contributed by atoms with Crippen LogP contribution in [0.1, 0.15) is 23.9 Å². The fourth-order valence-corrected chi connectivity index (χ4v) is 2.07. The Kier molecular flexibility index (Phi) is 3.58.